The maximum atomic E-state index is 13.3. The van der Waals surface area contributed by atoms with Crippen molar-refractivity contribution in [3.8, 4) is 0 Å². The van der Waals surface area contributed by atoms with E-state index in [0.717, 1.165) is 23.5 Å². The number of hydrogen-bond donors (Lipinski definition) is 1. The molecule has 0 bridgehead atoms. The molecule has 0 fully saturated rings. The molecule has 0 saturated carbocycles. The number of hydrogen-bond acceptors (Lipinski definition) is 2. The molecule has 0 spiro atoms. The van der Waals surface area contributed by atoms with Crippen LogP contribution in [0, 0.1) is 19.7 Å². The first-order valence-corrected chi connectivity index (χ1v) is 6.48. The first-order valence-electron chi connectivity index (χ1n) is 6.48. The van der Waals surface area contributed by atoms with Crippen LogP contribution >= 0.6 is 0 Å². The Hall–Kier alpha value is -1.68. The smallest absolute Gasteiger partial charge is 0.123 e. The summed E-state index contributed by atoms with van der Waals surface area (Å²) in [5.41, 5.74) is 3.44. The van der Waals surface area contributed by atoms with Crippen molar-refractivity contribution in [2.24, 2.45) is 0 Å². The molecule has 1 aromatic carbocycles. The van der Waals surface area contributed by atoms with Crippen LogP contribution in [0.15, 0.2) is 24.3 Å². The van der Waals surface area contributed by atoms with E-state index in [-0.39, 0.29) is 5.82 Å². The summed E-state index contributed by atoms with van der Waals surface area (Å²) in [6, 6.07) is 6.46. The van der Waals surface area contributed by atoms with Gasteiger partial charge in [-0.2, -0.15) is 5.10 Å². The van der Waals surface area contributed by atoms with E-state index >= 15 is 0 Å². The number of rotatable bonds is 4. The lowest BCUT2D eigenvalue weighted by Crippen LogP contribution is -2.09. The lowest BCUT2D eigenvalue weighted by Gasteiger charge is -2.14. The van der Waals surface area contributed by atoms with Gasteiger partial charge in [-0.15, -0.1) is 0 Å². The van der Waals surface area contributed by atoms with Crippen LogP contribution in [0.1, 0.15) is 35.5 Å². The summed E-state index contributed by atoms with van der Waals surface area (Å²) in [7, 11) is 0. The summed E-state index contributed by atoms with van der Waals surface area (Å²) in [6.45, 7) is 6.57. The molecule has 1 N–H and O–H groups in total. The van der Waals surface area contributed by atoms with Gasteiger partial charge in [-0.25, -0.2) is 4.39 Å². The SMILES string of the molecule is CCn1nc(C)cc1CC(O)c1cc(F)ccc1C. The van der Waals surface area contributed by atoms with Gasteiger partial charge in [0.1, 0.15) is 5.82 Å². The fraction of sp³-hybridized carbons (Fsp3) is 0.400. The number of aliphatic hydroxyl groups excluding tert-OH is 1. The molecule has 1 atom stereocenters. The van der Waals surface area contributed by atoms with E-state index in [1.54, 1.807) is 6.07 Å². The lowest BCUT2D eigenvalue weighted by atomic mass is 9.99. The van der Waals surface area contributed by atoms with Gasteiger partial charge in [0.2, 0.25) is 0 Å². The van der Waals surface area contributed by atoms with Gasteiger partial charge in [0.25, 0.3) is 0 Å². The van der Waals surface area contributed by atoms with Crippen molar-refractivity contribution in [1.29, 1.82) is 0 Å². The van der Waals surface area contributed by atoms with Crippen LogP contribution < -0.4 is 0 Å². The second-order valence-corrected chi connectivity index (χ2v) is 4.81. The van der Waals surface area contributed by atoms with Gasteiger partial charge in [-0.3, -0.25) is 4.68 Å². The summed E-state index contributed by atoms with van der Waals surface area (Å²) in [5, 5.41) is 14.6. The minimum absolute atomic E-state index is 0.320. The van der Waals surface area contributed by atoms with Crippen LogP contribution in [0.3, 0.4) is 0 Å². The fourth-order valence-corrected chi connectivity index (χ4v) is 2.32. The number of halogens is 1. The van der Waals surface area contributed by atoms with Crippen LogP contribution in [-0.4, -0.2) is 14.9 Å². The number of benzene rings is 1. The third-order valence-electron chi connectivity index (χ3n) is 3.29. The maximum absolute atomic E-state index is 13.3. The van der Waals surface area contributed by atoms with Crippen molar-refractivity contribution in [1.82, 2.24) is 9.78 Å². The highest BCUT2D eigenvalue weighted by atomic mass is 19.1. The molecule has 3 nitrogen and oxygen atoms in total. The van der Waals surface area contributed by atoms with Crippen molar-refractivity contribution in [3.63, 3.8) is 0 Å². The Labute approximate surface area is 112 Å². The van der Waals surface area contributed by atoms with E-state index in [0.29, 0.717) is 12.0 Å². The van der Waals surface area contributed by atoms with Crippen molar-refractivity contribution in [2.75, 3.05) is 0 Å². The van der Waals surface area contributed by atoms with Gasteiger partial charge in [0, 0.05) is 18.7 Å². The highest BCUT2D eigenvalue weighted by molar-refractivity contribution is 5.29. The molecular weight excluding hydrogens is 243 g/mol. The standard InChI is InChI=1S/C15H19FN2O/c1-4-18-13(7-11(3)17-18)9-15(19)14-8-12(16)6-5-10(14)2/h5-8,15,19H,4,9H2,1-3H3. The lowest BCUT2D eigenvalue weighted by molar-refractivity contribution is 0.174. The van der Waals surface area contributed by atoms with E-state index < -0.39 is 6.10 Å². The molecule has 1 aromatic heterocycles. The predicted molar refractivity (Wildman–Crippen MR) is 72.4 cm³/mol. The van der Waals surface area contributed by atoms with Crippen molar-refractivity contribution in [2.45, 2.75) is 39.8 Å². The Bertz CT molecular complexity index is 578. The van der Waals surface area contributed by atoms with Crippen LogP contribution in [0.25, 0.3) is 0 Å². The first-order chi connectivity index (χ1) is 9.01. The Kier molecular flexibility index (Phi) is 4.00. The van der Waals surface area contributed by atoms with Crippen molar-refractivity contribution >= 4 is 0 Å². The van der Waals surface area contributed by atoms with E-state index in [1.165, 1.54) is 12.1 Å². The van der Waals surface area contributed by atoms with Gasteiger partial charge in [0.15, 0.2) is 0 Å². The molecule has 2 aromatic rings. The van der Waals surface area contributed by atoms with Crippen LogP contribution in [0.5, 0.6) is 0 Å². The zero-order valence-electron chi connectivity index (χ0n) is 11.5. The number of nitrogens with zero attached hydrogens (tertiary/aromatic N) is 2. The molecule has 0 aliphatic carbocycles. The van der Waals surface area contributed by atoms with E-state index in [9.17, 15) is 9.50 Å². The van der Waals surface area contributed by atoms with Gasteiger partial charge >= 0.3 is 0 Å². The summed E-state index contributed by atoms with van der Waals surface area (Å²) in [4.78, 5) is 0. The molecule has 0 aliphatic heterocycles. The van der Waals surface area contributed by atoms with Crippen molar-refractivity contribution in [3.05, 3.63) is 52.6 Å². The van der Waals surface area contributed by atoms with Gasteiger partial charge < -0.3 is 5.11 Å². The van der Waals surface area contributed by atoms with Crippen LogP contribution in [0.2, 0.25) is 0 Å². The quantitative estimate of drug-likeness (QED) is 0.920. The topological polar surface area (TPSA) is 38.0 Å². The Balaban J connectivity index is 2.25. The maximum Gasteiger partial charge on any atom is 0.123 e. The molecule has 0 saturated heterocycles. The van der Waals surface area contributed by atoms with Crippen LogP contribution in [-0.2, 0) is 13.0 Å². The normalized spacial score (nSPS) is 12.7. The predicted octanol–water partition coefficient (Wildman–Crippen LogP) is 2.94. The zero-order chi connectivity index (χ0) is 14.0. The molecule has 0 aliphatic rings. The average molecular weight is 262 g/mol. The third-order valence-corrected chi connectivity index (χ3v) is 3.29. The molecule has 0 radical (unpaired) electrons. The number of aromatic nitrogens is 2. The summed E-state index contributed by atoms with van der Waals surface area (Å²) >= 11 is 0. The Morgan fingerprint density at radius 3 is 2.74 bits per heavy atom. The Morgan fingerprint density at radius 1 is 1.32 bits per heavy atom. The zero-order valence-corrected chi connectivity index (χ0v) is 11.5. The molecule has 1 heterocycles. The van der Waals surface area contributed by atoms with Crippen molar-refractivity contribution < 1.29 is 9.50 Å². The second kappa shape index (κ2) is 5.53. The molecule has 1 unspecified atom stereocenters. The third kappa shape index (κ3) is 3.01. The minimum atomic E-state index is -0.711. The summed E-state index contributed by atoms with van der Waals surface area (Å²) < 4.78 is 15.1. The highest BCUT2D eigenvalue weighted by Crippen LogP contribution is 2.23. The largest absolute Gasteiger partial charge is 0.388 e. The Morgan fingerprint density at radius 2 is 2.05 bits per heavy atom. The van der Waals surface area contributed by atoms with Gasteiger partial charge in [0.05, 0.1) is 11.8 Å². The monoisotopic (exact) mass is 262 g/mol. The van der Waals surface area contributed by atoms with E-state index in [2.05, 4.69) is 5.10 Å². The fourth-order valence-electron chi connectivity index (χ4n) is 2.32. The minimum Gasteiger partial charge on any atom is -0.388 e. The molecule has 19 heavy (non-hydrogen) atoms. The van der Waals surface area contributed by atoms with Gasteiger partial charge in [-0.05, 0) is 50.1 Å². The molecule has 2 rings (SSSR count). The number of aryl methyl sites for hydroxylation is 3. The first kappa shape index (κ1) is 13.7. The summed E-state index contributed by atoms with van der Waals surface area (Å²) in [5.74, 6) is -0.320. The molecule has 102 valence electrons. The highest BCUT2D eigenvalue weighted by Gasteiger charge is 2.15. The molecule has 0 amide bonds. The van der Waals surface area contributed by atoms with E-state index in [1.807, 2.05) is 31.5 Å². The molecular formula is C15H19FN2O. The summed E-state index contributed by atoms with van der Waals surface area (Å²) in [6.07, 6.45) is -0.268. The van der Waals surface area contributed by atoms with E-state index in [4.69, 9.17) is 0 Å². The second-order valence-electron chi connectivity index (χ2n) is 4.81. The molecule has 4 heteroatoms. The average Bonchev–Trinajstić information content (AvgIpc) is 2.72. The number of aliphatic hydroxyl groups is 1. The van der Waals surface area contributed by atoms with Gasteiger partial charge in [-0.1, -0.05) is 6.07 Å². The van der Waals surface area contributed by atoms with Crippen LogP contribution in [0.4, 0.5) is 4.39 Å².